The highest BCUT2D eigenvalue weighted by atomic mass is 16.2. The van der Waals surface area contributed by atoms with Crippen molar-refractivity contribution in [1.82, 2.24) is 0 Å². The minimum Gasteiger partial charge on any atom is -0.399 e. The standard InChI is InChI=1S/C14H19N3O/c1-14(2,3)13(18)17-7-6-16-9-10-8-11(15)4-5-12(10)17/h4-5,8-9H,6-7,15H2,1-3H3. The number of rotatable bonds is 0. The fourth-order valence-electron chi connectivity index (χ4n) is 1.98. The molecular weight excluding hydrogens is 226 g/mol. The molecule has 0 saturated heterocycles. The predicted molar refractivity (Wildman–Crippen MR) is 75.1 cm³/mol. The molecule has 1 aromatic rings. The third kappa shape index (κ3) is 2.37. The Labute approximate surface area is 108 Å². The fourth-order valence-corrected chi connectivity index (χ4v) is 1.98. The van der Waals surface area contributed by atoms with E-state index in [1.54, 1.807) is 6.21 Å². The van der Waals surface area contributed by atoms with Crippen LogP contribution in [-0.4, -0.2) is 25.2 Å². The van der Waals surface area contributed by atoms with Crippen LogP contribution in [0.3, 0.4) is 0 Å². The Morgan fingerprint density at radius 1 is 1.39 bits per heavy atom. The van der Waals surface area contributed by atoms with Gasteiger partial charge in [0, 0.05) is 29.4 Å². The fraction of sp³-hybridized carbons (Fsp3) is 0.429. The molecule has 4 nitrogen and oxygen atoms in total. The molecular formula is C14H19N3O. The van der Waals surface area contributed by atoms with Gasteiger partial charge in [-0.05, 0) is 18.2 Å². The Bertz CT molecular complexity index is 500. The summed E-state index contributed by atoms with van der Waals surface area (Å²) >= 11 is 0. The number of carbonyl (C=O) groups is 1. The molecule has 1 aliphatic heterocycles. The molecule has 0 bridgehead atoms. The molecule has 0 radical (unpaired) electrons. The van der Waals surface area contributed by atoms with Crippen molar-refractivity contribution in [3.05, 3.63) is 23.8 Å². The molecule has 1 aromatic carbocycles. The zero-order valence-corrected chi connectivity index (χ0v) is 11.1. The molecule has 0 saturated carbocycles. The van der Waals surface area contributed by atoms with Crippen LogP contribution in [-0.2, 0) is 4.79 Å². The Morgan fingerprint density at radius 3 is 2.78 bits per heavy atom. The summed E-state index contributed by atoms with van der Waals surface area (Å²) in [5, 5.41) is 0. The smallest absolute Gasteiger partial charge is 0.232 e. The van der Waals surface area contributed by atoms with Gasteiger partial charge in [-0.2, -0.15) is 0 Å². The highest BCUT2D eigenvalue weighted by Crippen LogP contribution is 2.28. The highest BCUT2D eigenvalue weighted by Gasteiger charge is 2.29. The molecule has 4 heteroatoms. The van der Waals surface area contributed by atoms with E-state index >= 15 is 0 Å². The summed E-state index contributed by atoms with van der Waals surface area (Å²) in [6.07, 6.45) is 1.79. The minimum atomic E-state index is -0.400. The van der Waals surface area contributed by atoms with Crippen molar-refractivity contribution in [2.45, 2.75) is 20.8 Å². The van der Waals surface area contributed by atoms with Gasteiger partial charge < -0.3 is 10.6 Å². The molecule has 18 heavy (non-hydrogen) atoms. The van der Waals surface area contributed by atoms with Crippen molar-refractivity contribution in [3.63, 3.8) is 0 Å². The molecule has 96 valence electrons. The first-order chi connectivity index (χ1) is 8.39. The molecule has 2 N–H and O–H groups in total. The molecule has 0 unspecified atom stereocenters. The van der Waals surface area contributed by atoms with Crippen LogP contribution >= 0.6 is 0 Å². The number of amides is 1. The summed E-state index contributed by atoms with van der Waals surface area (Å²) in [5.41, 5.74) is 7.86. The summed E-state index contributed by atoms with van der Waals surface area (Å²) in [6, 6.07) is 5.57. The molecule has 0 aliphatic carbocycles. The van der Waals surface area contributed by atoms with Crippen LogP contribution in [0.2, 0.25) is 0 Å². The van der Waals surface area contributed by atoms with Crippen molar-refractivity contribution in [3.8, 4) is 0 Å². The summed E-state index contributed by atoms with van der Waals surface area (Å²) in [5.74, 6) is 0.110. The molecule has 0 aromatic heterocycles. The van der Waals surface area contributed by atoms with Gasteiger partial charge in [0.1, 0.15) is 0 Å². The average molecular weight is 245 g/mol. The average Bonchev–Trinajstić information content (AvgIpc) is 2.48. The lowest BCUT2D eigenvalue weighted by atomic mass is 9.94. The van der Waals surface area contributed by atoms with Crippen molar-refractivity contribution >= 4 is 23.5 Å². The first-order valence-electron chi connectivity index (χ1n) is 6.11. The molecule has 1 amide bonds. The van der Waals surface area contributed by atoms with Crippen molar-refractivity contribution in [1.29, 1.82) is 0 Å². The lowest BCUT2D eigenvalue weighted by molar-refractivity contribution is -0.125. The number of aliphatic imine (C=N–C) groups is 1. The van der Waals surface area contributed by atoms with Crippen LogP contribution in [0, 0.1) is 5.41 Å². The molecule has 1 aliphatic rings. The first kappa shape index (κ1) is 12.6. The number of nitrogen functional groups attached to an aromatic ring is 1. The highest BCUT2D eigenvalue weighted by molar-refractivity contribution is 6.02. The van der Waals surface area contributed by atoms with Gasteiger partial charge in [-0.15, -0.1) is 0 Å². The number of nitrogens with two attached hydrogens (primary N) is 1. The summed E-state index contributed by atoms with van der Waals surface area (Å²) < 4.78 is 0. The van der Waals surface area contributed by atoms with Crippen molar-refractivity contribution in [2.24, 2.45) is 10.4 Å². The molecule has 0 spiro atoms. The van der Waals surface area contributed by atoms with Gasteiger partial charge in [0.05, 0.1) is 12.2 Å². The monoisotopic (exact) mass is 245 g/mol. The largest absolute Gasteiger partial charge is 0.399 e. The minimum absolute atomic E-state index is 0.110. The molecule has 0 atom stereocenters. The van der Waals surface area contributed by atoms with Gasteiger partial charge in [-0.1, -0.05) is 20.8 Å². The number of anilines is 2. The Balaban J connectivity index is 2.45. The molecule has 2 rings (SSSR count). The van der Waals surface area contributed by atoms with Gasteiger partial charge in [0.15, 0.2) is 0 Å². The Kier molecular flexibility index (Phi) is 3.11. The van der Waals surface area contributed by atoms with Crippen LogP contribution in [0.25, 0.3) is 0 Å². The Hall–Kier alpha value is -1.84. The van der Waals surface area contributed by atoms with Crippen LogP contribution in [0.15, 0.2) is 23.2 Å². The van der Waals surface area contributed by atoms with E-state index < -0.39 is 5.41 Å². The van der Waals surface area contributed by atoms with E-state index in [1.807, 2.05) is 43.9 Å². The predicted octanol–water partition coefficient (Wildman–Crippen LogP) is 2.08. The number of nitrogens with zero attached hydrogens (tertiary/aromatic N) is 2. The normalized spacial score (nSPS) is 15.2. The topological polar surface area (TPSA) is 58.7 Å². The van der Waals surface area contributed by atoms with Crippen LogP contribution < -0.4 is 10.6 Å². The van der Waals surface area contributed by atoms with Crippen LogP contribution in [0.4, 0.5) is 11.4 Å². The summed E-state index contributed by atoms with van der Waals surface area (Å²) in [4.78, 5) is 18.6. The number of fused-ring (bicyclic) bond motifs is 1. The quantitative estimate of drug-likeness (QED) is 0.711. The van der Waals surface area contributed by atoms with E-state index in [4.69, 9.17) is 5.73 Å². The van der Waals surface area contributed by atoms with Crippen LogP contribution in [0.5, 0.6) is 0 Å². The van der Waals surface area contributed by atoms with E-state index in [-0.39, 0.29) is 5.91 Å². The Morgan fingerprint density at radius 2 is 2.11 bits per heavy atom. The summed E-state index contributed by atoms with van der Waals surface area (Å²) in [6.45, 7) is 7.02. The van der Waals surface area contributed by atoms with Crippen molar-refractivity contribution in [2.75, 3.05) is 23.7 Å². The second kappa shape index (κ2) is 4.44. The SMILES string of the molecule is CC(C)(C)C(=O)N1CCN=Cc2cc(N)ccc21. The maximum Gasteiger partial charge on any atom is 0.232 e. The zero-order valence-electron chi connectivity index (χ0n) is 11.1. The molecule has 0 fully saturated rings. The van der Waals surface area contributed by atoms with Gasteiger partial charge in [-0.25, -0.2) is 0 Å². The second-order valence-electron chi connectivity index (χ2n) is 5.56. The van der Waals surface area contributed by atoms with E-state index in [0.717, 1.165) is 11.3 Å². The third-order valence-electron chi connectivity index (χ3n) is 2.91. The van der Waals surface area contributed by atoms with Gasteiger partial charge in [-0.3, -0.25) is 9.79 Å². The van der Waals surface area contributed by atoms with Gasteiger partial charge in [0.25, 0.3) is 0 Å². The van der Waals surface area contributed by atoms with Gasteiger partial charge >= 0.3 is 0 Å². The number of carbonyl (C=O) groups excluding carboxylic acids is 1. The van der Waals surface area contributed by atoms with E-state index in [9.17, 15) is 4.79 Å². The number of benzene rings is 1. The second-order valence-corrected chi connectivity index (χ2v) is 5.56. The van der Waals surface area contributed by atoms with Gasteiger partial charge in [0.2, 0.25) is 5.91 Å². The van der Waals surface area contributed by atoms with E-state index in [1.165, 1.54) is 0 Å². The zero-order chi connectivity index (χ0) is 13.3. The maximum absolute atomic E-state index is 12.5. The number of hydrogen-bond donors (Lipinski definition) is 1. The van der Waals surface area contributed by atoms with Crippen molar-refractivity contribution < 1.29 is 4.79 Å². The molecule has 1 heterocycles. The number of benzodiazepines with no additional fused rings is 1. The lowest BCUT2D eigenvalue weighted by Crippen LogP contribution is -2.41. The maximum atomic E-state index is 12.5. The third-order valence-corrected chi connectivity index (χ3v) is 2.91. The van der Waals surface area contributed by atoms with Crippen LogP contribution in [0.1, 0.15) is 26.3 Å². The number of hydrogen-bond acceptors (Lipinski definition) is 3. The first-order valence-corrected chi connectivity index (χ1v) is 6.11. The van der Waals surface area contributed by atoms with E-state index in [2.05, 4.69) is 4.99 Å². The summed E-state index contributed by atoms with van der Waals surface area (Å²) in [7, 11) is 0. The van der Waals surface area contributed by atoms with E-state index in [0.29, 0.717) is 18.8 Å². The lowest BCUT2D eigenvalue weighted by Gasteiger charge is -2.29.